The van der Waals surface area contributed by atoms with E-state index in [0.717, 1.165) is 37.7 Å². The van der Waals surface area contributed by atoms with Gasteiger partial charge in [0.15, 0.2) is 0 Å². The molecule has 0 aliphatic carbocycles. The summed E-state index contributed by atoms with van der Waals surface area (Å²) in [4.78, 5) is 2.44. The number of hydrogen-bond acceptors (Lipinski definition) is 3. The van der Waals surface area contributed by atoms with Crippen LogP contribution in [0.4, 0.5) is 0 Å². The Kier molecular flexibility index (Phi) is 5.23. The quantitative estimate of drug-likeness (QED) is 0.779. The molecule has 1 unspecified atom stereocenters. The van der Waals surface area contributed by atoms with Crippen molar-refractivity contribution in [3.05, 3.63) is 0 Å². The highest BCUT2D eigenvalue weighted by atomic mass is 32.2. The van der Waals surface area contributed by atoms with Crippen LogP contribution in [0.3, 0.4) is 0 Å². The maximum Gasteiger partial charge on any atom is 0.0362 e. The second-order valence-corrected chi connectivity index (χ2v) is 6.74. The van der Waals surface area contributed by atoms with E-state index in [4.69, 9.17) is 0 Å². The number of nitrogens with zero attached hydrogens (tertiary/aromatic N) is 1. The first-order chi connectivity index (χ1) is 7.03. The Morgan fingerprint density at radius 1 is 1.47 bits per heavy atom. The summed E-state index contributed by atoms with van der Waals surface area (Å²) in [5.74, 6) is 1.61. The summed E-state index contributed by atoms with van der Waals surface area (Å²) in [6, 6.07) is 0. The Morgan fingerprint density at radius 2 is 2.20 bits per heavy atom. The molecule has 0 aromatic heterocycles. The summed E-state index contributed by atoms with van der Waals surface area (Å²) < 4.78 is 11.4. The highest BCUT2D eigenvalue weighted by molar-refractivity contribution is 7.84. The van der Waals surface area contributed by atoms with E-state index < -0.39 is 10.8 Å². The molecule has 1 N–H and O–H groups in total. The van der Waals surface area contributed by atoms with Crippen molar-refractivity contribution in [2.45, 2.75) is 32.7 Å². The lowest BCUT2D eigenvalue weighted by atomic mass is 10.1. The van der Waals surface area contributed by atoms with E-state index in [2.05, 4.69) is 24.1 Å². The minimum absolute atomic E-state index is 0.199. The molecule has 0 aromatic carbocycles. The van der Waals surface area contributed by atoms with Gasteiger partial charge in [0.1, 0.15) is 0 Å². The van der Waals surface area contributed by atoms with E-state index in [9.17, 15) is 4.21 Å². The maximum absolute atomic E-state index is 11.4. The number of hydrogen-bond donors (Lipinski definition) is 1. The zero-order valence-electron chi connectivity index (χ0n) is 10.2. The minimum Gasteiger partial charge on any atom is -0.310 e. The summed E-state index contributed by atoms with van der Waals surface area (Å²) in [5.41, 5.74) is 0.199. The fourth-order valence-electron chi connectivity index (χ4n) is 1.99. The Balaban J connectivity index is 2.36. The Labute approximate surface area is 96.1 Å². The van der Waals surface area contributed by atoms with E-state index >= 15 is 0 Å². The first-order valence-electron chi connectivity index (χ1n) is 5.86. The third-order valence-corrected chi connectivity index (χ3v) is 4.11. The van der Waals surface area contributed by atoms with Crippen LogP contribution in [-0.4, -0.2) is 52.3 Å². The molecule has 0 spiro atoms. The van der Waals surface area contributed by atoms with Crippen molar-refractivity contribution in [1.82, 2.24) is 10.2 Å². The van der Waals surface area contributed by atoms with Gasteiger partial charge in [-0.1, -0.05) is 6.92 Å². The fourth-order valence-corrected chi connectivity index (χ4v) is 2.74. The molecule has 1 aliphatic heterocycles. The van der Waals surface area contributed by atoms with Gasteiger partial charge in [0.25, 0.3) is 0 Å². The molecule has 90 valence electrons. The smallest absolute Gasteiger partial charge is 0.0362 e. The molecule has 1 heterocycles. The predicted octanol–water partition coefficient (Wildman–Crippen LogP) is 0.829. The van der Waals surface area contributed by atoms with Crippen LogP contribution in [-0.2, 0) is 10.8 Å². The standard InChI is InChI=1S/C11H24N2OS/c1-4-15(14)9-8-13-7-5-6-12-11(2,3)10-13/h12H,4-10H2,1-3H3. The first kappa shape index (κ1) is 13.1. The van der Waals surface area contributed by atoms with Crippen LogP contribution >= 0.6 is 0 Å². The molecule has 0 amide bonds. The summed E-state index contributed by atoms with van der Waals surface area (Å²) in [7, 11) is -0.621. The normalized spacial score (nSPS) is 24.7. The molecule has 0 bridgehead atoms. The highest BCUT2D eigenvalue weighted by Crippen LogP contribution is 2.10. The minimum atomic E-state index is -0.621. The van der Waals surface area contributed by atoms with Crippen molar-refractivity contribution >= 4 is 10.8 Å². The van der Waals surface area contributed by atoms with Crippen molar-refractivity contribution in [2.24, 2.45) is 0 Å². The van der Waals surface area contributed by atoms with Crippen molar-refractivity contribution in [3.63, 3.8) is 0 Å². The molecule has 1 fully saturated rings. The molecule has 1 aliphatic rings. The Bertz CT molecular complexity index is 219. The molecule has 1 atom stereocenters. The van der Waals surface area contributed by atoms with E-state index in [0.29, 0.717) is 0 Å². The van der Waals surface area contributed by atoms with Crippen molar-refractivity contribution in [3.8, 4) is 0 Å². The molecule has 0 saturated carbocycles. The molecule has 0 aromatic rings. The predicted molar refractivity (Wildman–Crippen MR) is 66.7 cm³/mol. The molecular formula is C11H24N2OS. The lowest BCUT2D eigenvalue weighted by Gasteiger charge is -2.29. The summed E-state index contributed by atoms with van der Waals surface area (Å²) in [6.07, 6.45) is 1.20. The summed E-state index contributed by atoms with van der Waals surface area (Å²) in [6.45, 7) is 10.7. The van der Waals surface area contributed by atoms with Crippen LogP contribution in [0, 0.1) is 0 Å². The van der Waals surface area contributed by atoms with E-state index in [1.165, 1.54) is 6.42 Å². The van der Waals surface area contributed by atoms with Crippen molar-refractivity contribution in [2.75, 3.05) is 37.7 Å². The van der Waals surface area contributed by atoms with Crippen LogP contribution in [0.2, 0.25) is 0 Å². The SMILES string of the molecule is CCS(=O)CCN1CCCNC(C)(C)C1. The van der Waals surface area contributed by atoms with Gasteiger partial charge < -0.3 is 10.2 Å². The molecule has 0 radical (unpaired) electrons. The second-order valence-electron chi connectivity index (χ2n) is 4.87. The van der Waals surface area contributed by atoms with Gasteiger partial charge in [0.05, 0.1) is 0 Å². The lowest BCUT2D eigenvalue weighted by molar-refractivity contribution is 0.242. The van der Waals surface area contributed by atoms with Gasteiger partial charge in [-0.3, -0.25) is 4.21 Å². The lowest BCUT2D eigenvalue weighted by Crippen LogP contribution is -2.47. The molecule has 1 rings (SSSR count). The molecule has 4 heteroatoms. The first-order valence-corrected chi connectivity index (χ1v) is 7.34. The average molecular weight is 232 g/mol. The van der Waals surface area contributed by atoms with Crippen LogP contribution in [0.1, 0.15) is 27.2 Å². The van der Waals surface area contributed by atoms with Crippen LogP contribution < -0.4 is 5.32 Å². The van der Waals surface area contributed by atoms with Crippen LogP contribution in [0.5, 0.6) is 0 Å². The van der Waals surface area contributed by atoms with E-state index in [-0.39, 0.29) is 5.54 Å². The van der Waals surface area contributed by atoms with Crippen molar-refractivity contribution in [1.29, 1.82) is 0 Å². The second kappa shape index (κ2) is 5.97. The largest absolute Gasteiger partial charge is 0.310 e. The monoisotopic (exact) mass is 232 g/mol. The van der Waals surface area contributed by atoms with Crippen LogP contribution in [0.25, 0.3) is 0 Å². The maximum atomic E-state index is 11.4. The number of nitrogens with one attached hydrogen (secondary N) is 1. The third-order valence-electron chi connectivity index (χ3n) is 2.83. The molecule has 3 nitrogen and oxygen atoms in total. The van der Waals surface area contributed by atoms with E-state index in [1.54, 1.807) is 0 Å². The van der Waals surface area contributed by atoms with Gasteiger partial charge in [0.2, 0.25) is 0 Å². The van der Waals surface area contributed by atoms with E-state index in [1.807, 2.05) is 6.92 Å². The molecule has 15 heavy (non-hydrogen) atoms. The van der Waals surface area contributed by atoms with Gasteiger partial charge >= 0.3 is 0 Å². The molecule has 1 saturated heterocycles. The van der Waals surface area contributed by atoms with Crippen LogP contribution in [0.15, 0.2) is 0 Å². The average Bonchev–Trinajstić information content (AvgIpc) is 2.35. The van der Waals surface area contributed by atoms with Gasteiger partial charge in [0, 0.05) is 40.9 Å². The van der Waals surface area contributed by atoms with Gasteiger partial charge in [-0.2, -0.15) is 0 Å². The van der Waals surface area contributed by atoms with Gasteiger partial charge in [-0.15, -0.1) is 0 Å². The fraction of sp³-hybridized carbons (Fsp3) is 1.00. The number of rotatable bonds is 4. The Morgan fingerprint density at radius 3 is 2.87 bits per heavy atom. The Hall–Kier alpha value is 0.0700. The highest BCUT2D eigenvalue weighted by Gasteiger charge is 2.23. The van der Waals surface area contributed by atoms with Gasteiger partial charge in [-0.05, 0) is 33.4 Å². The zero-order valence-corrected chi connectivity index (χ0v) is 11.0. The topological polar surface area (TPSA) is 32.3 Å². The zero-order chi connectivity index (χ0) is 11.3. The summed E-state index contributed by atoms with van der Waals surface area (Å²) in [5, 5.41) is 3.53. The van der Waals surface area contributed by atoms with Gasteiger partial charge in [-0.25, -0.2) is 0 Å². The summed E-state index contributed by atoms with van der Waals surface area (Å²) >= 11 is 0. The van der Waals surface area contributed by atoms with Crippen molar-refractivity contribution < 1.29 is 4.21 Å². The molecular weight excluding hydrogens is 208 g/mol. The third kappa shape index (κ3) is 5.09.